The molecule has 0 atom stereocenters. The normalized spacial score (nSPS) is 12.1. The number of rotatable bonds is 6. The van der Waals surface area contributed by atoms with Gasteiger partial charge in [-0.2, -0.15) is 4.52 Å². The Balaban J connectivity index is 1.90. The first-order chi connectivity index (χ1) is 13.5. The molecular weight excluding hydrogens is 376 g/mol. The number of fused-ring (bicyclic) bond motifs is 3. The zero-order chi connectivity index (χ0) is 19.7. The van der Waals surface area contributed by atoms with Crippen LogP contribution in [0.5, 0.6) is 0 Å². The fourth-order valence-electron chi connectivity index (χ4n) is 2.96. The Morgan fingerprint density at radius 3 is 2.50 bits per heavy atom. The Hall–Kier alpha value is -3.04. The van der Waals surface area contributed by atoms with Crippen molar-refractivity contribution in [2.75, 3.05) is 32.5 Å². The third-order valence-electron chi connectivity index (χ3n) is 4.38. The summed E-state index contributed by atoms with van der Waals surface area (Å²) in [6.45, 7) is 1.48. The maximum absolute atomic E-state index is 13.1. The third kappa shape index (κ3) is 3.19. The van der Waals surface area contributed by atoms with Crippen molar-refractivity contribution in [1.82, 2.24) is 24.7 Å². The number of sulfone groups is 1. The molecule has 0 amide bonds. The Morgan fingerprint density at radius 1 is 1.04 bits per heavy atom. The van der Waals surface area contributed by atoms with Gasteiger partial charge in [0.2, 0.25) is 14.9 Å². The number of para-hydroxylation sites is 1. The molecule has 0 aliphatic carbocycles. The number of nitrogens with zero attached hydrogens (tertiary/aromatic N) is 5. The highest BCUT2D eigenvalue weighted by Crippen LogP contribution is 2.27. The summed E-state index contributed by atoms with van der Waals surface area (Å²) in [5.74, 6) is 0.608. The second-order valence-electron chi connectivity index (χ2n) is 6.65. The second kappa shape index (κ2) is 7.17. The molecule has 2 aromatic carbocycles. The van der Waals surface area contributed by atoms with E-state index in [1.807, 2.05) is 38.4 Å². The minimum atomic E-state index is -3.83. The average Bonchev–Trinajstić information content (AvgIpc) is 3.13. The molecule has 144 valence electrons. The molecule has 0 aliphatic rings. The van der Waals surface area contributed by atoms with Gasteiger partial charge >= 0.3 is 0 Å². The minimum absolute atomic E-state index is 0.153. The largest absolute Gasteiger partial charge is 0.368 e. The van der Waals surface area contributed by atoms with Crippen LogP contribution in [0.15, 0.2) is 64.5 Å². The van der Waals surface area contributed by atoms with Gasteiger partial charge in [0, 0.05) is 18.5 Å². The molecule has 28 heavy (non-hydrogen) atoms. The molecule has 0 saturated carbocycles. The van der Waals surface area contributed by atoms with Crippen LogP contribution in [0.4, 0.5) is 5.82 Å². The van der Waals surface area contributed by atoms with E-state index < -0.39 is 9.84 Å². The predicted molar refractivity (Wildman–Crippen MR) is 107 cm³/mol. The summed E-state index contributed by atoms with van der Waals surface area (Å²) < 4.78 is 27.6. The molecule has 2 aromatic heterocycles. The number of anilines is 1. The molecular formula is C19H20N6O2S. The van der Waals surface area contributed by atoms with Crippen LogP contribution >= 0.6 is 0 Å². The van der Waals surface area contributed by atoms with Crippen LogP contribution in [-0.4, -0.2) is 60.3 Å². The van der Waals surface area contributed by atoms with Gasteiger partial charge < -0.3 is 10.2 Å². The summed E-state index contributed by atoms with van der Waals surface area (Å²) in [6, 6.07) is 15.8. The van der Waals surface area contributed by atoms with E-state index in [4.69, 9.17) is 0 Å². The van der Waals surface area contributed by atoms with Crippen LogP contribution < -0.4 is 5.32 Å². The SMILES string of the molecule is CN(C)CCNc1nc2c(S(=O)(=O)c3ccccc3)nnn2c2ccccc12. The van der Waals surface area contributed by atoms with E-state index in [0.717, 1.165) is 17.4 Å². The summed E-state index contributed by atoms with van der Waals surface area (Å²) in [5.41, 5.74) is 0.941. The zero-order valence-electron chi connectivity index (χ0n) is 15.6. The van der Waals surface area contributed by atoms with E-state index in [-0.39, 0.29) is 15.6 Å². The van der Waals surface area contributed by atoms with Gasteiger partial charge in [-0.05, 0) is 38.4 Å². The first-order valence-corrected chi connectivity index (χ1v) is 10.3. The molecule has 0 unspecified atom stereocenters. The zero-order valence-corrected chi connectivity index (χ0v) is 16.4. The van der Waals surface area contributed by atoms with Crippen molar-refractivity contribution in [2.45, 2.75) is 9.92 Å². The van der Waals surface area contributed by atoms with Gasteiger partial charge in [0.15, 0.2) is 5.65 Å². The molecule has 0 fully saturated rings. The van der Waals surface area contributed by atoms with Crippen molar-refractivity contribution in [3.05, 3.63) is 54.6 Å². The molecule has 0 bridgehead atoms. The van der Waals surface area contributed by atoms with Crippen LogP contribution in [0.3, 0.4) is 0 Å². The Kier molecular flexibility index (Phi) is 4.70. The minimum Gasteiger partial charge on any atom is -0.368 e. The molecule has 0 spiro atoms. The average molecular weight is 396 g/mol. The topological polar surface area (TPSA) is 92.5 Å². The first kappa shape index (κ1) is 18.3. The Morgan fingerprint density at radius 2 is 1.75 bits per heavy atom. The van der Waals surface area contributed by atoms with Crippen LogP contribution in [0.2, 0.25) is 0 Å². The van der Waals surface area contributed by atoms with E-state index in [9.17, 15) is 8.42 Å². The highest BCUT2D eigenvalue weighted by Gasteiger charge is 2.26. The van der Waals surface area contributed by atoms with Crippen LogP contribution in [0, 0.1) is 0 Å². The monoisotopic (exact) mass is 396 g/mol. The number of benzene rings is 2. The molecule has 0 saturated heterocycles. The molecule has 1 N–H and O–H groups in total. The quantitative estimate of drug-likeness (QED) is 0.533. The van der Waals surface area contributed by atoms with Gasteiger partial charge in [0.25, 0.3) is 0 Å². The van der Waals surface area contributed by atoms with Crippen molar-refractivity contribution < 1.29 is 8.42 Å². The van der Waals surface area contributed by atoms with Crippen molar-refractivity contribution in [3.8, 4) is 0 Å². The molecule has 0 aliphatic heterocycles. The van der Waals surface area contributed by atoms with Gasteiger partial charge in [-0.25, -0.2) is 13.4 Å². The van der Waals surface area contributed by atoms with Gasteiger partial charge in [0.05, 0.1) is 10.4 Å². The molecule has 2 heterocycles. The van der Waals surface area contributed by atoms with Gasteiger partial charge in [-0.15, -0.1) is 5.10 Å². The Labute approximate surface area is 162 Å². The summed E-state index contributed by atoms with van der Waals surface area (Å²) in [5, 5.41) is 12.0. The molecule has 9 heteroatoms. The van der Waals surface area contributed by atoms with E-state index in [1.54, 1.807) is 18.2 Å². The van der Waals surface area contributed by atoms with Gasteiger partial charge in [0.1, 0.15) is 5.82 Å². The van der Waals surface area contributed by atoms with Crippen LogP contribution in [-0.2, 0) is 9.84 Å². The summed E-state index contributed by atoms with van der Waals surface area (Å²) in [4.78, 5) is 6.80. The first-order valence-electron chi connectivity index (χ1n) is 8.81. The number of likely N-dealkylation sites (N-methyl/N-ethyl adjacent to an activating group) is 1. The molecule has 4 rings (SSSR count). The smallest absolute Gasteiger partial charge is 0.229 e. The second-order valence-corrected chi connectivity index (χ2v) is 8.52. The predicted octanol–water partition coefficient (Wildman–Crippen LogP) is 2.08. The fraction of sp³-hybridized carbons (Fsp3) is 0.211. The fourth-order valence-corrected chi connectivity index (χ4v) is 4.22. The molecule has 4 aromatic rings. The lowest BCUT2D eigenvalue weighted by Crippen LogP contribution is -2.21. The van der Waals surface area contributed by atoms with E-state index in [2.05, 4.69) is 25.5 Å². The lowest BCUT2D eigenvalue weighted by atomic mass is 10.2. The summed E-state index contributed by atoms with van der Waals surface area (Å²) in [7, 11) is 0.141. The molecule has 8 nitrogen and oxygen atoms in total. The van der Waals surface area contributed by atoms with Crippen molar-refractivity contribution in [1.29, 1.82) is 0 Å². The van der Waals surface area contributed by atoms with E-state index in [0.29, 0.717) is 12.4 Å². The van der Waals surface area contributed by atoms with Crippen molar-refractivity contribution >= 4 is 32.2 Å². The van der Waals surface area contributed by atoms with Crippen molar-refractivity contribution in [2.24, 2.45) is 0 Å². The standard InChI is InChI=1S/C19H20N6O2S/c1-24(2)13-12-20-17-15-10-6-7-11-16(15)25-18(21-17)19(22-23-25)28(26,27)14-8-4-3-5-9-14/h3-11H,12-13H2,1-2H3,(H,20,21). The highest BCUT2D eigenvalue weighted by atomic mass is 32.2. The number of nitrogens with one attached hydrogen (secondary N) is 1. The van der Waals surface area contributed by atoms with Crippen LogP contribution in [0.1, 0.15) is 0 Å². The number of hydrogen-bond donors (Lipinski definition) is 1. The third-order valence-corrected chi connectivity index (χ3v) is 6.05. The maximum Gasteiger partial charge on any atom is 0.229 e. The van der Waals surface area contributed by atoms with Crippen molar-refractivity contribution in [3.63, 3.8) is 0 Å². The number of hydrogen-bond acceptors (Lipinski definition) is 7. The van der Waals surface area contributed by atoms with Gasteiger partial charge in [-0.3, -0.25) is 0 Å². The lowest BCUT2D eigenvalue weighted by Gasteiger charge is -2.13. The highest BCUT2D eigenvalue weighted by molar-refractivity contribution is 7.91. The van der Waals surface area contributed by atoms with E-state index >= 15 is 0 Å². The number of aromatic nitrogens is 4. The Bertz CT molecular complexity index is 1240. The maximum atomic E-state index is 13.1. The summed E-state index contributed by atoms with van der Waals surface area (Å²) >= 11 is 0. The molecule has 0 radical (unpaired) electrons. The lowest BCUT2D eigenvalue weighted by molar-refractivity contribution is 0.425. The van der Waals surface area contributed by atoms with Crippen LogP contribution in [0.25, 0.3) is 16.6 Å². The summed E-state index contributed by atoms with van der Waals surface area (Å²) in [6.07, 6.45) is 0. The van der Waals surface area contributed by atoms with Gasteiger partial charge in [-0.1, -0.05) is 35.5 Å². The van der Waals surface area contributed by atoms with E-state index in [1.165, 1.54) is 16.6 Å².